The van der Waals surface area contributed by atoms with Crippen LogP contribution in [0.1, 0.15) is 43.7 Å². The predicted molar refractivity (Wildman–Crippen MR) is 80.3 cm³/mol. The van der Waals surface area contributed by atoms with Crippen LogP contribution in [0.4, 0.5) is 0 Å². The number of likely N-dealkylation sites (tertiary alicyclic amines) is 1. The van der Waals surface area contributed by atoms with Crippen LogP contribution in [-0.2, 0) is 4.79 Å². The van der Waals surface area contributed by atoms with Crippen LogP contribution in [0.5, 0.6) is 0 Å². The zero-order valence-corrected chi connectivity index (χ0v) is 12.2. The Bertz CT molecular complexity index is 541. The van der Waals surface area contributed by atoms with Crippen LogP contribution in [0.15, 0.2) is 30.3 Å². The molecule has 2 atom stereocenters. The number of rotatable bonds is 2. The molecule has 21 heavy (non-hydrogen) atoms. The molecule has 3 rings (SSSR count). The van der Waals surface area contributed by atoms with Gasteiger partial charge in [0.05, 0.1) is 6.07 Å². The number of amides is 1. The van der Waals surface area contributed by atoms with Gasteiger partial charge in [-0.2, -0.15) is 5.26 Å². The largest absolute Gasteiger partial charge is 0.323 e. The van der Waals surface area contributed by atoms with Gasteiger partial charge < -0.3 is 10.2 Å². The van der Waals surface area contributed by atoms with Crippen molar-refractivity contribution in [3.63, 3.8) is 0 Å². The van der Waals surface area contributed by atoms with E-state index >= 15 is 0 Å². The lowest BCUT2D eigenvalue weighted by Crippen LogP contribution is -2.60. The van der Waals surface area contributed by atoms with E-state index in [0.29, 0.717) is 13.0 Å². The minimum Gasteiger partial charge on any atom is -0.323 e. The molecule has 0 unspecified atom stereocenters. The predicted octanol–water partition coefficient (Wildman–Crippen LogP) is 2.39. The van der Waals surface area contributed by atoms with E-state index < -0.39 is 5.54 Å². The summed E-state index contributed by atoms with van der Waals surface area (Å²) in [6.07, 6.45) is 4.20. The van der Waals surface area contributed by atoms with Crippen molar-refractivity contribution in [1.82, 2.24) is 10.2 Å². The Morgan fingerprint density at radius 1 is 1.29 bits per heavy atom. The number of hydrogen-bond donors (Lipinski definition) is 1. The molecule has 4 nitrogen and oxygen atoms in total. The van der Waals surface area contributed by atoms with Crippen molar-refractivity contribution in [2.45, 2.75) is 43.7 Å². The third-order valence-corrected chi connectivity index (χ3v) is 4.74. The normalized spacial score (nSPS) is 30.0. The first kappa shape index (κ1) is 14.1. The van der Waals surface area contributed by atoms with Gasteiger partial charge in [-0.1, -0.05) is 30.3 Å². The molecule has 0 saturated carbocycles. The molecule has 1 amide bonds. The van der Waals surface area contributed by atoms with Crippen LogP contribution in [0.25, 0.3) is 0 Å². The third-order valence-electron chi connectivity index (χ3n) is 4.74. The first-order valence-electron chi connectivity index (χ1n) is 7.75. The topological polar surface area (TPSA) is 56.1 Å². The molecular formula is C17H21N3O. The Hall–Kier alpha value is -1.86. The van der Waals surface area contributed by atoms with Crippen LogP contribution < -0.4 is 5.32 Å². The second kappa shape index (κ2) is 5.87. The molecule has 0 radical (unpaired) electrons. The summed E-state index contributed by atoms with van der Waals surface area (Å²) in [4.78, 5) is 14.0. The van der Waals surface area contributed by atoms with E-state index in [1.807, 2.05) is 23.1 Å². The van der Waals surface area contributed by atoms with E-state index in [-0.39, 0.29) is 11.9 Å². The van der Waals surface area contributed by atoms with Crippen LogP contribution in [0.3, 0.4) is 0 Å². The standard InChI is InChI=1S/C17H21N3O/c18-12-17(20-11-5-4-8-16(20)21)10-9-15(19-13-17)14-6-2-1-3-7-14/h1-3,6-7,15,19H,4-5,8-11,13H2/t15-,17+/m0/s1. The minimum atomic E-state index is -0.650. The van der Waals surface area contributed by atoms with E-state index in [9.17, 15) is 10.1 Å². The van der Waals surface area contributed by atoms with Crippen molar-refractivity contribution >= 4 is 5.91 Å². The van der Waals surface area contributed by atoms with Gasteiger partial charge in [0.15, 0.2) is 0 Å². The number of nitriles is 1. The summed E-state index contributed by atoms with van der Waals surface area (Å²) in [6.45, 7) is 1.29. The molecule has 0 aromatic heterocycles. The maximum atomic E-state index is 12.2. The number of nitrogens with zero attached hydrogens (tertiary/aromatic N) is 2. The molecule has 1 aromatic rings. The summed E-state index contributed by atoms with van der Waals surface area (Å²) in [6, 6.07) is 13.0. The van der Waals surface area contributed by atoms with Crippen molar-refractivity contribution < 1.29 is 4.79 Å². The molecule has 110 valence electrons. The number of carbonyl (C=O) groups excluding carboxylic acids is 1. The Balaban J connectivity index is 1.73. The van der Waals surface area contributed by atoms with E-state index in [1.54, 1.807) is 0 Å². The van der Waals surface area contributed by atoms with E-state index in [0.717, 1.165) is 32.2 Å². The first-order valence-corrected chi connectivity index (χ1v) is 7.75. The quantitative estimate of drug-likeness (QED) is 0.906. The Kier molecular flexibility index (Phi) is 3.94. The zero-order valence-electron chi connectivity index (χ0n) is 12.2. The molecule has 2 aliphatic heterocycles. The fourth-order valence-electron chi connectivity index (χ4n) is 3.48. The second-order valence-electron chi connectivity index (χ2n) is 6.03. The molecular weight excluding hydrogens is 262 g/mol. The highest BCUT2D eigenvalue weighted by atomic mass is 16.2. The monoisotopic (exact) mass is 283 g/mol. The van der Waals surface area contributed by atoms with E-state index in [1.165, 1.54) is 5.56 Å². The van der Waals surface area contributed by atoms with Crippen molar-refractivity contribution in [3.8, 4) is 6.07 Å². The van der Waals surface area contributed by atoms with Gasteiger partial charge in [-0.15, -0.1) is 0 Å². The Morgan fingerprint density at radius 3 is 2.71 bits per heavy atom. The molecule has 1 N–H and O–H groups in total. The lowest BCUT2D eigenvalue weighted by molar-refractivity contribution is -0.139. The molecule has 4 heteroatoms. The van der Waals surface area contributed by atoms with Crippen LogP contribution >= 0.6 is 0 Å². The Labute approximate surface area is 125 Å². The highest BCUT2D eigenvalue weighted by molar-refractivity contribution is 5.78. The van der Waals surface area contributed by atoms with Gasteiger partial charge in [0.25, 0.3) is 0 Å². The summed E-state index contributed by atoms with van der Waals surface area (Å²) >= 11 is 0. The van der Waals surface area contributed by atoms with Crippen molar-refractivity contribution in [2.24, 2.45) is 0 Å². The van der Waals surface area contributed by atoms with Crippen LogP contribution in [-0.4, -0.2) is 29.4 Å². The van der Waals surface area contributed by atoms with Gasteiger partial charge in [0.1, 0.15) is 5.54 Å². The summed E-state index contributed by atoms with van der Waals surface area (Å²) < 4.78 is 0. The number of nitrogens with one attached hydrogen (secondary N) is 1. The average molecular weight is 283 g/mol. The minimum absolute atomic E-state index is 0.141. The molecule has 1 aromatic carbocycles. The van der Waals surface area contributed by atoms with Crippen molar-refractivity contribution in [3.05, 3.63) is 35.9 Å². The second-order valence-corrected chi connectivity index (χ2v) is 6.03. The van der Waals surface area contributed by atoms with Crippen molar-refractivity contribution in [1.29, 1.82) is 5.26 Å². The molecule has 0 bridgehead atoms. The SMILES string of the molecule is N#C[C@]1(N2CCCCC2=O)CC[C@@H](c2ccccc2)NC1. The summed E-state index contributed by atoms with van der Waals surface area (Å²) in [5.41, 5.74) is 0.608. The molecule has 2 fully saturated rings. The third kappa shape index (κ3) is 2.66. The first-order chi connectivity index (χ1) is 10.2. The fourth-order valence-corrected chi connectivity index (χ4v) is 3.48. The lowest BCUT2D eigenvalue weighted by atomic mass is 9.83. The highest BCUT2D eigenvalue weighted by Crippen LogP contribution is 2.33. The molecule has 0 aliphatic carbocycles. The highest BCUT2D eigenvalue weighted by Gasteiger charge is 2.43. The van der Waals surface area contributed by atoms with Gasteiger partial charge in [0, 0.05) is 25.6 Å². The van der Waals surface area contributed by atoms with E-state index in [2.05, 4.69) is 23.5 Å². The number of piperidine rings is 2. The number of benzene rings is 1. The molecule has 2 aliphatic rings. The van der Waals surface area contributed by atoms with Gasteiger partial charge in [0.2, 0.25) is 5.91 Å². The Morgan fingerprint density at radius 2 is 2.10 bits per heavy atom. The summed E-state index contributed by atoms with van der Waals surface area (Å²) in [7, 11) is 0. The van der Waals surface area contributed by atoms with Crippen LogP contribution in [0.2, 0.25) is 0 Å². The van der Waals surface area contributed by atoms with Gasteiger partial charge >= 0.3 is 0 Å². The molecule has 2 heterocycles. The smallest absolute Gasteiger partial charge is 0.223 e. The molecule has 0 spiro atoms. The number of carbonyl (C=O) groups is 1. The summed E-state index contributed by atoms with van der Waals surface area (Å²) in [5.74, 6) is 0.141. The average Bonchev–Trinajstić information content (AvgIpc) is 2.56. The fraction of sp³-hybridized carbons (Fsp3) is 0.529. The van der Waals surface area contributed by atoms with Gasteiger partial charge in [-0.3, -0.25) is 4.79 Å². The lowest BCUT2D eigenvalue weighted by Gasteiger charge is -2.45. The van der Waals surface area contributed by atoms with E-state index in [4.69, 9.17) is 0 Å². The molecule has 2 saturated heterocycles. The van der Waals surface area contributed by atoms with Crippen LogP contribution in [0, 0.1) is 11.3 Å². The van der Waals surface area contributed by atoms with Crippen molar-refractivity contribution in [2.75, 3.05) is 13.1 Å². The maximum absolute atomic E-state index is 12.2. The van der Waals surface area contributed by atoms with Gasteiger partial charge in [-0.05, 0) is 31.2 Å². The zero-order chi connectivity index (χ0) is 14.7. The number of hydrogen-bond acceptors (Lipinski definition) is 3. The van der Waals surface area contributed by atoms with Gasteiger partial charge in [-0.25, -0.2) is 0 Å². The maximum Gasteiger partial charge on any atom is 0.223 e. The summed E-state index contributed by atoms with van der Waals surface area (Å²) in [5, 5.41) is 13.2.